The van der Waals surface area contributed by atoms with E-state index >= 15 is 0 Å². The monoisotopic (exact) mass is 326 g/mol. The van der Waals surface area contributed by atoms with Gasteiger partial charge in [-0.1, -0.05) is 0 Å². The quantitative estimate of drug-likeness (QED) is 0.732. The number of fused-ring (bicyclic) bond motifs is 2. The van der Waals surface area contributed by atoms with Gasteiger partial charge in [-0.25, -0.2) is 9.97 Å². The van der Waals surface area contributed by atoms with Gasteiger partial charge in [-0.15, -0.1) is 0 Å². The summed E-state index contributed by atoms with van der Waals surface area (Å²) in [5, 5.41) is 0. The number of benzene rings is 1. The Bertz CT molecular complexity index is 906. The maximum Gasteiger partial charge on any atom is 0.252 e. The van der Waals surface area contributed by atoms with Crippen LogP contribution in [0.2, 0.25) is 0 Å². The predicted octanol–water partition coefficient (Wildman–Crippen LogP) is 2.51. The number of ether oxygens (including phenoxy) is 2. The molecule has 7 heteroatoms. The number of aryl methyl sites for hydroxylation is 1. The number of aromatic nitrogens is 3. The van der Waals surface area contributed by atoms with Gasteiger partial charge >= 0.3 is 0 Å². The average molecular weight is 326 g/mol. The van der Waals surface area contributed by atoms with Crippen LogP contribution in [0.5, 0.6) is 11.5 Å². The van der Waals surface area contributed by atoms with Crippen LogP contribution in [0.4, 0.5) is 5.82 Å². The number of rotatable bonds is 3. The summed E-state index contributed by atoms with van der Waals surface area (Å²) in [4.78, 5) is 15.2. The molecule has 1 aromatic carbocycles. The van der Waals surface area contributed by atoms with E-state index in [0.717, 1.165) is 36.8 Å². The molecule has 0 amide bonds. The van der Waals surface area contributed by atoms with Gasteiger partial charge in [0, 0.05) is 20.0 Å². The Morgan fingerprint density at radius 1 is 1.08 bits per heavy atom. The van der Waals surface area contributed by atoms with Crippen molar-refractivity contribution in [1.29, 1.82) is 0 Å². The van der Waals surface area contributed by atoms with Gasteiger partial charge in [-0.05, 0) is 29.7 Å². The third-order valence-electron chi connectivity index (χ3n) is 4.30. The lowest BCUT2D eigenvalue weighted by Crippen LogP contribution is -2.31. The van der Waals surface area contributed by atoms with E-state index in [2.05, 4.69) is 25.9 Å². The Morgan fingerprint density at radius 2 is 1.83 bits per heavy atom. The highest BCUT2D eigenvalue weighted by Crippen LogP contribution is 2.35. The zero-order valence-corrected chi connectivity index (χ0v) is 13.9. The minimum Gasteiger partial charge on any atom is -0.493 e. The molecule has 0 unspecified atom stereocenters. The van der Waals surface area contributed by atoms with E-state index in [-0.39, 0.29) is 0 Å². The van der Waals surface area contributed by atoms with Gasteiger partial charge in [0.25, 0.3) is 5.71 Å². The van der Waals surface area contributed by atoms with Crippen LogP contribution in [0, 0.1) is 6.92 Å². The van der Waals surface area contributed by atoms with Crippen molar-refractivity contribution in [2.24, 2.45) is 0 Å². The molecule has 24 heavy (non-hydrogen) atoms. The molecule has 0 aliphatic carbocycles. The highest BCUT2D eigenvalue weighted by atomic mass is 16.5. The number of nitrogens with zero attached hydrogens (tertiary/aromatic N) is 4. The van der Waals surface area contributed by atoms with Gasteiger partial charge in [0.1, 0.15) is 6.33 Å². The molecule has 3 aromatic rings. The maximum absolute atomic E-state index is 5.51. The van der Waals surface area contributed by atoms with E-state index < -0.39 is 0 Å². The summed E-state index contributed by atoms with van der Waals surface area (Å²) in [6.07, 6.45) is 2.42. The van der Waals surface area contributed by atoms with E-state index in [1.165, 1.54) is 17.5 Å². The Hall–Kier alpha value is -2.83. The topological polar surface area (TPSA) is 73.5 Å². The Kier molecular flexibility index (Phi) is 3.48. The first-order valence-corrected chi connectivity index (χ1v) is 7.76. The zero-order chi connectivity index (χ0) is 16.7. The highest BCUT2D eigenvalue weighted by Gasteiger charge is 2.23. The van der Waals surface area contributed by atoms with Crippen molar-refractivity contribution in [2.75, 3.05) is 25.7 Å². The molecule has 1 aliphatic rings. The molecule has 0 radical (unpaired) electrons. The molecule has 0 fully saturated rings. The van der Waals surface area contributed by atoms with E-state index in [0.29, 0.717) is 17.1 Å². The molecule has 0 atom stereocenters. The fourth-order valence-corrected chi connectivity index (χ4v) is 3.14. The lowest BCUT2D eigenvalue weighted by atomic mass is 9.98. The average Bonchev–Trinajstić information content (AvgIpc) is 3.00. The van der Waals surface area contributed by atoms with Crippen LogP contribution in [0.1, 0.15) is 17.0 Å². The zero-order valence-electron chi connectivity index (χ0n) is 13.9. The van der Waals surface area contributed by atoms with Crippen molar-refractivity contribution >= 4 is 17.0 Å². The number of methoxy groups -OCH3 is 2. The largest absolute Gasteiger partial charge is 0.493 e. The molecular formula is C17H18N4O3. The van der Waals surface area contributed by atoms with Crippen molar-refractivity contribution in [3.05, 3.63) is 35.5 Å². The van der Waals surface area contributed by atoms with Crippen LogP contribution in [0.15, 0.2) is 22.9 Å². The second-order valence-corrected chi connectivity index (χ2v) is 5.73. The molecule has 0 N–H and O–H groups in total. The van der Waals surface area contributed by atoms with Gasteiger partial charge in [-0.3, -0.25) is 0 Å². The Labute approximate surface area is 139 Å². The third kappa shape index (κ3) is 2.33. The van der Waals surface area contributed by atoms with Crippen molar-refractivity contribution < 1.29 is 13.9 Å². The summed E-state index contributed by atoms with van der Waals surface area (Å²) in [7, 11) is 3.31. The molecule has 0 spiro atoms. The van der Waals surface area contributed by atoms with Gasteiger partial charge in [0.2, 0.25) is 0 Å². The van der Waals surface area contributed by atoms with Crippen molar-refractivity contribution in [2.45, 2.75) is 19.9 Å². The highest BCUT2D eigenvalue weighted by molar-refractivity contribution is 5.81. The molecule has 3 heterocycles. The normalized spacial score (nSPS) is 13.9. The van der Waals surface area contributed by atoms with Crippen molar-refractivity contribution in [3.63, 3.8) is 0 Å². The van der Waals surface area contributed by atoms with Gasteiger partial charge in [0.15, 0.2) is 28.7 Å². The summed E-state index contributed by atoms with van der Waals surface area (Å²) in [6, 6.07) is 4.09. The summed E-state index contributed by atoms with van der Waals surface area (Å²) in [6.45, 7) is 3.39. The molecule has 0 bridgehead atoms. The van der Waals surface area contributed by atoms with Gasteiger partial charge < -0.3 is 18.8 Å². The minimum absolute atomic E-state index is 0.524. The fourth-order valence-electron chi connectivity index (χ4n) is 3.14. The van der Waals surface area contributed by atoms with Gasteiger partial charge in [0.05, 0.1) is 14.2 Å². The Morgan fingerprint density at radius 3 is 2.58 bits per heavy atom. The molecule has 1 aliphatic heterocycles. The Balaban J connectivity index is 1.73. The van der Waals surface area contributed by atoms with Crippen LogP contribution in [0.25, 0.3) is 11.2 Å². The SMILES string of the molecule is COc1cc2c(cc1OC)CN(c1ncnc3oc(C)nc13)CC2. The third-order valence-corrected chi connectivity index (χ3v) is 4.30. The summed E-state index contributed by atoms with van der Waals surface area (Å²) >= 11 is 0. The van der Waals surface area contributed by atoms with Crippen LogP contribution in [-0.4, -0.2) is 35.7 Å². The molecule has 7 nitrogen and oxygen atoms in total. The summed E-state index contributed by atoms with van der Waals surface area (Å²) in [5.74, 6) is 2.90. The molecular weight excluding hydrogens is 308 g/mol. The second-order valence-electron chi connectivity index (χ2n) is 5.73. The van der Waals surface area contributed by atoms with Crippen molar-refractivity contribution in [3.8, 4) is 11.5 Å². The molecule has 2 aromatic heterocycles. The number of anilines is 1. The smallest absolute Gasteiger partial charge is 0.252 e. The first-order chi connectivity index (χ1) is 11.7. The van der Waals surface area contributed by atoms with Gasteiger partial charge in [-0.2, -0.15) is 4.98 Å². The lowest BCUT2D eigenvalue weighted by Gasteiger charge is -2.30. The standard InChI is InChI=1S/C17H18N4O3/c1-10-20-15-16(18-9-19-17(15)24-10)21-5-4-11-6-13(22-2)14(23-3)7-12(11)8-21/h6-7,9H,4-5,8H2,1-3H3. The van der Waals surface area contributed by atoms with Crippen LogP contribution in [-0.2, 0) is 13.0 Å². The van der Waals surface area contributed by atoms with Crippen LogP contribution >= 0.6 is 0 Å². The number of hydrogen-bond donors (Lipinski definition) is 0. The van der Waals surface area contributed by atoms with Crippen molar-refractivity contribution in [1.82, 2.24) is 15.0 Å². The predicted molar refractivity (Wildman–Crippen MR) is 88.6 cm³/mol. The fraction of sp³-hybridized carbons (Fsp3) is 0.353. The summed E-state index contributed by atoms with van der Waals surface area (Å²) < 4.78 is 16.3. The van der Waals surface area contributed by atoms with E-state index in [4.69, 9.17) is 13.9 Å². The lowest BCUT2D eigenvalue weighted by molar-refractivity contribution is 0.353. The van der Waals surface area contributed by atoms with E-state index in [1.807, 2.05) is 13.0 Å². The molecule has 0 saturated carbocycles. The minimum atomic E-state index is 0.524. The van der Waals surface area contributed by atoms with Crippen LogP contribution < -0.4 is 14.4 Å². The van der Waals surface area contributed by atoms with E-state index in [1.54, 1.807) is 14.2 Å². The maximum atomic E-state index is 5.51. The van der Waals surface area contributed by atoms with Crippen LogP contribution in [0.3, 0.4) is 0 Å². The molecule has 124 valence electrons. The number of oxazole rings is 1. The summed E-state index contributed by atoms with van der Waals surface area (Å²) in [5.41, 5.74) is 3.70. The van der Waals surface area contributed by atoms with E-state index in [9.17, 15) is 0 Å². The number of hydrogen-bond acceptors (Lipinski definition) is 7. The molecule has 4 rings (SSSR count). The second kappa shape index (κ2) is 5.67. The molecule has 0 saturated heterocycles. The first-order valence-electron chi connectivity index (χ1n) is 7.76. The first kappa shape index (κ1) is 14.7.